The molecule has 2 amide bonds. The number of benzene rings is 2. The molecule has 0 aliphatic rings. The van der Waals surface area contributed by atoms with Gasteiger partial charge in [-0.05, 0) is 51.8 Å². The van der Waals surface area contributed by atoms with Gasteiger partial charge in [0.1, 0.15) is 5.82 Å². The summed E-state index contributed by atoms with van der Waals surface area (Å²) in [6.45, 7) is 0. The summed E-state index contributed by atoms with van der Waals surface area (Å²) < 4.78 is 13.7. The molecule has 0 saturated carbocycles. The lowest BCUT2D eigenvalue weighted by Crippen LogP contribution is -2.14. The summed E-state index contributed by atoms with van der Waals surface area (Å²) >= 11 is 3.20. The van der Waals surface area contributed by atoms with Gasteiger partial charge in [-0.25, -0.2) is 4.39 Å². The highest BCUT2D eigenvalue weighted by atomic mass is 79.9. The fourth-order valence-corrected chi connectivity index (χ4v) is 2.20. The topological polar surface area (TPSA) is 72.2 Å². The van der Waals surface area contributed by atoms with E-state index in [1.165, 1.54) is 12.1 Å². The number of nitrogens with two attached hydrogens (primary N) is 1. The summed E-state index contributed by atoms with van der Waals surface area (Å²) in [5, 5.41) is 2.66. The second-order valence-electron chi connectivity index (χ2n) is 4.42. The molecule has 0 saturated heterocycles. The Bertz CT molecular complexity index is 687. The second kappa shape index (κ2) is 6.49. The SMILES string of the molecule is NC(=O)Cc1ccc(NC(=O)c2cc(F)ccc2Br)cc1. The maximum absolute atomic E-state index is 13.2. The van der Waals surface area contributed by atoms with E-state index in [4.69, 9.17) is 5.73 Å². The molecule has 0 aromatic heterocycles. The van der Waals surface area contributed by atoms with Crippen molar-refractivity contribution in [3.8, 4) is 0 Å². The van der Waals surface area contributed by atoms with Crippen molar-refractivity contribution in [1.82, 2.24) is 0 Å². The molecule has 0 atom stereocenters. The molecule has 0 aliphatic carbocycles. The second-order valence-corrected chi connectivity index (χ2v) is 5.27. The quantitative estimate of drug-likeness (QED) is 0.889. The van der Waals surface area contributed by atoms with Gasteiger partial charge in [0.15, 0.2) is 0 Å². The Kier molecular flexibility index (Phi) is 4.70. The molecule has 0 unspecified atom stereocenters. The van der Waals surface area contributed by atoms with E-state index in [0.29, 0.717) is 10.2 Å². The van der Waals surface area contributed by atoms with Crippen LogP contribution in [0.15, 0.2) is 46.9 Å². The fourth-order valence-electron chi connectivity index (χ4n) is 1.78. The number of anilines is 1. The predicted molar refractivity (Wildman–Crippen MR) is 81.4 cm³/mol. The molecule has 6 heteroatoms. The van der Waals surface area contributed by atoms with Crippen LogP contribution in [-0.2, 0) is 11.2 Å². The average molecular weight is 351 g/mol. The average Bonchev–Trinajstić information content (AvgIpc) is 2.43. The van der Waals surface area contributed by atoms with Gasteiger partial charge >= 0.3 is 0 Å². The van der Waals surface area contributed by atoms with Crippen LogP contribution in [0.4, 0.5) is 10.1 Å². The lowest BCUT2D eigenvalue weighted by atomic mass is 10.1. The molecule has 0 spiro atoms. The van der Waals surface area contributed by atoms with Crippen molar-refractivity contribution in [3.63, 3.8) is 0 Å². The Balaban J connectivity index is 2.12. The monoisotopic (exact) mass is 350 g/mol. The van der Waals surface area contributed by atoms with Crippen LogP contribution in [0, 0.1) is 5.82 Å². The zero-order valence-corrected chi connectivity index (χ0v) is 12.5. The highest BCUT2D eigenvalue weighted by Gasteiger charge is 2.11. The standard InChI is InChI=1S/C15H12BrFN2O2/c16-13-6-3-10(17)8-12(13)15(21)19-11-4-1-9(2-5-11)7-14(18)20/h1-6,8H,7H2,(H2,18,20)(H,19,21). The predicted octanol–water partition coefficient (Wildman–Crippen LogP) is 2.87. The van der Waals surface area contributed by atoms with Crippen molar-refractivity contribution < 1.29 is 14.0 Å². The third kappa shape index (κ3) is 4.13. The minimum atomic E-state index is -0.486. The lowest BCUT2D eigenvalue weighted by molar-refractivity contribution is -0.117. The largest absolute Gasteiger partial charge is 0.369 e. The molecule has 2 rings (SSSR count). The van der Waals surface area contributed by atoms with Crippen LogP contribution in [0.5, 0.6) is 0 Å². The number of amides is 2. The Hall–Kier alpha value is -2.21. The van der Waals surface area contributed by atoms with E-state index >= 15 is 0 Å². The van der Waals surface area contributed by atoms with Gasteiger partial charge in [-0.2, -0.15) is 0 Å². The van der Waals surface area contributed by atoms with Crippen molar-refractivity contribution in [3.05, 3.63) is 63.9 Å². The van der Waals surface area contributed by atoms with Crippen molar-refractivity contribution >= 4 is 33.4 Å². The summed E-state index contributed by atoms with van der Waals surface area (Å²) in [5.74, 6) is -1.33. The van der Waals surface area contributed by atoms with E-state index in [2.05, 4.69) is 21.2 Å². The number of nitrogens with one attached hydrogen (secondary N) is 1. The summed E-state index contributed by atoms with van der Waals surface area (Å²) in [6, 6.07) is 10.6. The van der Waals surface area contributed by atoms with E-state index in [0.717, 1.165) is 11.6 Å². The first-order valence-corrected chi connectivity index (χ1v) is 6.88. The van der Waals surface area contributed by atoms with E-state index in [1.807, 2.05) is 0 Å². The third-order valence-electron chi connectivity index (χ3n) is 2.76. The van der Waals surface area contributed by atoms with Gasteiger partial charge in [0.05, 0.1) is 12.0 Å². The van der Waals surface area contributed by atoms with Gasteiger partial charge < -0.3 is 11.1 Å². The number of rotatable bonds is 4. The smallest absolute Gasteiger partial charge is 0.256 e. The molecule has 0 radical (unpaired) electrons. The molecule has 4 nitrogen and oxygen atoms in total. The van der Waals surface area contributed by atoms with Crippen LogP contribution in [0.3, 0.4) is 0 Å². The zero-order valence-electron chi connectivity index (χ0n) is 10.9. The number of hydrogen-bond donors (Lipinski definition) is 2. The molecule has 2 aromatic rings. The van der Waals surface area contributed by atoms with Crippen LogP contribution < -0.4 is 11.1 Å². The van der Waals surface area contributed by atoms with E-state index in [-0.39, 0.29) is 12.0 Å². The van der Waals surface area contributed by atoms with Gasteiger partial charge in [0, 0.05) is 10.2 Å². The molecule has 0 aliphatic heterocycles. The highest BCUT2D eigenvalue weighted by molar-refractivity contribution is 9.10. The summed E-state index contributed by atoms with van der Waals surface area (Å²) in [5.41, 5.74) is 6.61. The molecule has 0 heterocycles. The maximum atomic E-state index is 13.2. The number of primary amides is 1. The van der Waals surface area contributed by atoms with Crippen molar-refractivity contribution in [1.29, 1.82) is 0 Å². The summed E-state index contributed by atoms with van der Waals surface area (Å²) in [6.07, 6.45) is 0.143. The Morgan fingerprint density at radius 3 is 2.43 bits per heavy atom. The molecule has 2 aromatic carbocycles. The van der Waals surface area contributed by atoms with Crippen molar-refractivity contribution in [2.75, 3.05) is 5.32 Å². The van der Waals surface area contributed by atoms with E-state index in [1.54, 1.807) is 24.3 Å². The Morgan fingerprint density at radius 1 is 1.14 bits per heavy atom. The van der Waals surface area contributed by atoms with Crippen molar-refractivity contribution in [2.45, 2.75) is 6.42 Å². The lowest BCUT2D eigenvalue weighted by Gasteiger charge is -2.08. The maximum Gasteiger partial charge on any atom is 0.256 e. The minimum absolute atomic E-state index is 0.143. The van der Waals surface area contributed by atoms with Gasteiger partial charge in [-0.1, -0.05) is 12.1 Å². The van der Waals surface area contributed by atoms with Gasteiger partial charge in [-0.3, -0.25) is 9.59 Å². The highest BCUT2D eigenvalue weighted by Crippen LogP contribution is 2.19. The van der Waals surface area contributed by atoms with Gasteiger partial charge in [-0.15, -0.1) is 0 Å². The number of carbonyl (C=O) groups excluding carboxylic acids is 2. The molecule has 0 bridgehead atoms. The third-order valence-corrected chi connectivity index (χ3v) is 3.45. The number of halogens is 2. The zero-order chi connectivity index (χ0) is 15.4. The van der Waals surface area contributed by atoms with Gasteiger partial charge in [0.2, 0.25) is 5.91 Å². The first-order valence-electron chi connectivity index (χ1n) is 6.09. The fraction of sp³-hybridized carbons (Fsp3) is 0.0667. The van der Waals surface area contributed by atoms with Crippen LogP contribution in [0.2, 0.25) is 0 Å². The number of hydrogen-bond acceptors (Lipinski definition) is 2. The van der Waals surface area contributed by atoms with Crippen LogP contribution >= 0.6 is 15.9 Å². The first kappa shape index (κ1) is 15.2. The molecular formula is C15H12BrFN2O2. The summed E-state index contributed by atoms with van der Waals surface area (Å²) in [4.78, 5) is 22.9. The molecular weight excluding hydrogens is 339 g/mol. The van der Waals surface area contributed by atoms with Crippen LogP contribution in [0.25, 0.3) is 0 Å². The summed E-state index contributed by atoms with van der Waals surface area (Å²) in [7, 11) is 0. The Labute approximate surface area is 129 Å². The van der Waals surface area contributed by atoms with E-state index in [9.17, 15) is 14.0 Å². The van der Waals surface area contributed by atoms with Crippen LogP contribution in [-0.4, -0.2) is 11.8 Å². The van der Waals surface area contributed by atoms with Gasteiger partial charge in [0.25, 0.3) is 5.91 Å². The molecule has 3 N–H and O–H groups in total. The van der Waals surface area contributed by atoms with E-state index < -0.39 is 17.6 Å². The van der Waals surface area contributed by atoms with Crippen molar-refractivity contribution in [2.24, 2.45) is 5.73 Å². The van der Waals surface area contributed by atoms with Crippen LogP contribution in [0.1, 0.15) is 15.9 Å². The molecule has 108 valence electrons. The first-order chi connectivity index (χ1) is 9.95. The molecule has 0 fully saturated rings. The molecule has 21 heavy (non-hydrogen) atoms. The normalized spacial score (nSPS) is 10.2. The minimum Gasteiger partial charge on any atom is -0.369 e. The number of carbonyl (C=O) groups is 2. The Morgan fingerprint density at radius 2 is 1.81 bits per heavy atom.